The zero-order chi connectivity index (χ0) is 29.8. The first kappa shape index (κ1) is 28.5. The summed E-state index contributed by atoms with van der Waals surface area (Å²) < 4.78 is 31.0. The van der Waals surface area contributed by atoms with Gasteiger partial charge in [-0.2, -0.15) is 0 Å². The number of anilines is 1. The van der Waals surface area contributed by atoms with Crippen LogP contribution in [0.3, 0.4) is 0 Å². The molecule has 7 bridgehead atoms. The number of fused-ring (bicyclic) bond motifs is 2. The number of likely N-dealkylation sites (tertiary alicyclic amines) is 1. The summed E-state index contributed by atoms with van der Waals surface area (Å²) in [6, 6.07) is 6.31. The Kier molecular flexibility index (Phi) is 6.54. The first-order chi connectivity index (χ1) is 20.2. The Bertz CT molecular complexity index is 1280. The summed E-state index contributed by atoms with van der Waals surface area (Å²) in [6.07, 6.45) is 1.62. The third kappa shape index (κ3) is 3.08. The molecule has 5 saturated carbocycles. The highest BCUT2D eigenvalue weighted by Crippen LogP contribution is 2.80. The second kappa shape index (κ2) is 9.63. The quantitative estimate of drug-likeness (QED) is 0.349. The van der Waals surface area contributed by atoms with Crippen LogP contribution in [0.4, 0.5) is 5.69 Å². The third-order valence-electron chi connectivity index (χ3n) is 12.8. The fourth-order valence-electron chi connectivity index (χ4n) is 11.8. The lowest BCUT2D eigenvalue weighted by Crippen LogP contribution is -2.78. The van der Waals surface area contributed by atoms with Crippen molar-refractivity contribution >= 4 is 17.6 Å². The number of nitrogens with two attached hydrogens (primary N) is 1. The Morgan fingerprint density at radius 1 is 1.07 bits per heavy atom. The normalized spacial score (nSPS) is 48.0. The van der Waals surface area contributed by atoms with Gasteiger partial charge in [-0.15, -0.1) is 0 Å². The highest BCUT2D eigenvalue weighted by Gasteiger charge is 2.89. The van der Waals surface area contributed by atoms with Crippen LogP contribution in [0.2, 0.25) is 0 Å². The second-order valence-corrected chi connectivity index (χ2v) is 13.5. The predicted octanol–water partition coefficient (Wildman–Crippen LogP) is 2.13. The number of rotatable bonds is 8. The van der Waals surface area contributed by atoms with E-state index in [4.69, 9.17) is 29.4 Å². The molecular weight excluding hydrogens is 540 g/mol. The maximum Gasteiger partial charge on any atom is 0.340 e. The van der Waals surface area contributed by atoms with Crippen LogP contribution >= 0.6 is 0 Å². The number of carbonyl (C=O) groups is 2. The standard InChI is InChI=1S/C32H44N2O8/c1-6-34-28-31-18-13-17-21(38-2)14-19(23(18)24(17)40-4)32(28,37)26(41-5)25(31)30(29(34)36,12-11-22(31)39-3)15-42-27(35)16-9-7-8-10-20(16)33/h7-10,17-19,21-26,28,37H,6,11-15,33H2,1-5H3/t17-,18-,19+,21+,22+,23+,24+,25-,26+,28+,30+,31+,32-/m1/s1. The molecule has 1 spiro atoms. The molecule has 0 unspecified atom stereocenters. The van der Waals surface area contributed by atoms with E-state index in [-0.39, 0.29) is 60.1 Å². The van der Waals surface area contributed by atoms with E-state index in [1.165, 1.54) is 0 Å². The van der Waals surface area contributed by atoms with Crippen molar-refractivity contribution in [1.82, 2.24) is 4.90 Å². The van der Waals surface area contributed by atoms with Crippen molar-refractivity contribution in [3.05, 3.63) is 29.8 Å². The molecule has 1 heterocycles. The average Bonchev–Trinajstić information content (AvgIpc) is 3.38. The summed E-state index contributed by atoms with van der Waals surface area (Å²) in [5.41, 5.74) is 3.66. The maximum atomic E-state index is 14.8. The lowest BCUT2D eigenvalue weighted by atomic mass is 9.43. The molecule has 5 aliphatic carbocycles. The van der Waals surface area contributed by atoms with Gasteiger partial charge in [-0.1, -0.05) is 12.1 Å². The lowest BCUT2D eigenvalue weighted by Gasteiger charge is -2.68. The van der Waals surface area contributed by atoms with Gasteiger partial charge in [0.15, 0.2) is 0 Å². The van der Waals surface area contributed by atoms with Crippen LogP contribution in [0, 0.1) is 40.4 Å². The molecule has 6 aliphatic rings. The minimum atomic E-state index is -1.36. The van der Waals surface area contributed by atoms with Crippen molar-refractivity contribution in [2.75, 3.05) is 47.3 Å². The second-order valence-electron chi connectivity index (χ2n) is 13.5. The lowest BCUT2D eigenvalue weighted by molar-refractivity contribution is -0.262. The number of nitrogens with zero attached hydrogens (tertiary/aromatic N) is 1. The number of methoxy groups -OCH3 is 4. The number of para-hydroxylation sites is 1. The minimum absolute atomic E-state index is 0.0595. The first-order valence-corrected chi connectivity index (χ1v) is 15.4. The van der Waals surface area contributed by atoms with Crippen LogP contribution in [-0.2, 0) is 28.5 Å². The Balaban J connectivity index is 1.41. The molecular formula is C32H44N2O8. The molecule has 10 heteroatoms. The Morgan fingerprint density at radius 2 is 1.83 bits per heavy atom. The van der Waals surface area contributed by atoms with Crippen molar-refractivity contribution in [3.63, 3.8) is 0 Å². The number of aliphatic hydroxyl groups is 1. The molecule has 3 N–H and O–H groups in total. The van der Waals surface area contributed by atoms with Gasteiger partial charge in [0.1, 0.15) is 12.2 Å². The van der Waals surface area contributed by atoms with Crippen LogP contribution in [0.25, 0.3) is 0 Å². The summed E-state index contributed by atoms with van der Waals surface area (Å²) in [7, 11) is 6.89. The number of ether oxygens (including phenoxy) is 5. The van der Waals surface area contributed by atoms with Gasteiger partial charge < -0.3 is 39.4 Å². The molecule has 1 amide bonds. The number of benzene rings is 1. The molecule has 1 aromatic carbocycles. The molecule has 6 fully saturated rings. The zero-order valence-electron chi connectivity index (χ0n) is 25.2. The minimum Gasteiger partial charge on any atom is -0.461 e. The fourth-order valence-corrected chi connectivity index (χ4v) is 11.8. The molecule has 0 aromatic heterocycles. The van der Waals surface area contributed by atoms with Crippen LogP contribution in [0.15, 0.2) is 24.3 Å². The highest BCUT2D eigenvalue weighted by atomic mass is 16.5. The van der Waals surface area contributed by atoms with Gasteiger partial charge in [0.25, 0.3) is 0 Å². The number of hydrogen-bond acceptors (Lipinski definition) is 9. The van der Waals surface area contributed by atoms with Crippen LogP contribution < -0.4 is 5.73 Å². The highest BCUT2D eigenvalue weighted by molar-refractivity contribution is 5.95. The summed E-state index contributed by atoms with van der Waals surface area (Å²) in [5.74, 6) is -0.866. The van der Waals surface area contributed by atoms with Crippen LogP contribution in [0.1, 0.15) is 43.0 Å². The van der Waals surface area contributed by atoms with Gasteiger partial charge in [-0.3, -0.25) is 4.79 Å². The molecule has 42 heavy (non-hydrogen) atoms. The smallest absolute Gasteiger partial charge is 0.340 e. The van der Waals surface area contributed by atoms with E-state index in [2.05, 4.69) is 0 Å². The Labute approximate surface area is 247 Å². The summed E-state index contributed by atoms with van der Waals surface area (Å²) in [4.78, 5) is 30.0. The largest absolute Gasteiger partial charge is 0.461 e. The van der Waals surface area contributed by atoms with Crippen molar-refractivity contribution < 1.29 is 38.4 Å². The van der Waals surface area contributed by atoms with Gasteiger partial charge in [-0.05, 0) is 56.6 Å². The SMILES string of the molecule is CCN1C(=O)[C@]2(COC(=O)c3ccccc3N)CC[C@H](OC)[C@]34[C@@H]5C[C@H]6[C@H](OC)[C@@H]5[C@H](C[C@@H]6OC)[C@](O)([C@@H]13)[C@@H](OC)[C@H]24. The maximum absolute atomic E-state index is 14.8. The first-order valence-electron chi connectivity index (χ1n) is 15.4. The van der Waals surface area contributed by atoms with Gasteiger partial charge >= 0.3 is 5.97 Å². The van der Waals surface area contributed by atoms with E-state index < -0.39 is 40.5 Å². The molecule has 13 atom stereocenters. The van der Waals surface area contributed by atoms with Crippen LogP contribution in [0.5, 0.6) is 0 Å². The van der Waals surface area contributed by atoms with Crippen molar-refractivity contribution in [2.24, 2.45) is 40.4 Å². The Morgan fingerprint density at radius 3 is 2.48 bits per heavy atom. The fraction of sp³-hybridized carbons (Fsp3) is 0.750. The molecule has 10 nitrogen and oxygen atoms in total. The van der Waals surface area contributed by atoms with Gasteiger partial charge in [0.2, 0.25) is 5.91 Å². The van der Waals surface area contributed by atoms with Gasteiger partial charge in [0.05, 0.1) is 41.4 Å². The van der Waals surface area contributed by atoms with E-state index in [1.54, 1.807) is 52.7 Å². The number of hydrogen-bond donors (Lipinski definition) is 2. The zero-order valence-corrected chi connectivity index (χ0v) is 25.2. The van der Waals surface area contributed by atoms with Gasteiger partial charge in [0, 0.05) is 63.8 Å². The number of nitrogen functional groups attached to an aromatic ring is 1. The van der Waals surface area contributed by atoms with E-state index >= 15 is 0 Å². The van der Waals surface area contributed by atoms with E-state index in [1.807, 2.05) is 11.8 Å². The Hall–Kier alpha value is -2.24. The van der Waals surface area contributed by atoms with E-state index in [0.717, 1.165) is 6.42 Å². The van der Waals surface area contributed by atoms with Crippen molar-refractivity contribution in [3.8, 4) is 0 Å². The molecule has 0 radical (unpaired) electrons. The third-order valence-corrected chi connectivity index (χ3v) is 12.8. The number of esters is 1. The number of piperidine rings is 1. The molecule has 1 aromatic rings. The number of carbonyl (C=O) groups excluding carboxylic acids is 2. The average molecular weight is 585 g/mol. The van der Waals surface area contributed by atoms with Gasteiger partial charge in [-0.25, -0.2) is 4.79 Å². The number of likely N-dealkylation sites (N-methyl/N-ethyl adjacent to an activating group) is 1. The van der Waals surface area contributed by atoms with E-state index in [0.29, 0.717) is 31.5 Å². The molecule has 1 saturated heterocycles. The monoisotopic (exact) mass is 584 g/mol. The number of amides is 1. The van der Waals surface area contributed by atoms with Crippen molar-refractivity contribution in [1.29, 1.82) is 0 Å². The molecule has 7 rings (SSSR count). The summed E-state index contributed by atoms with van der Waals surface area (Å²) >= 11 is 0. The van der Waals surface area contributed by atoms with E-state index in [9.17, 15) is 14.7 Å². The van der Waals surface area contributed by atoms with Crippen LogP contribution in [-0.4, -0.2) is 99.5 Å². The predicted molar refractivity (Wildman–Crippen MR) is 151 cm³/mol. The van der Waals surface area contributed by atoms with Crippen molar-refractivity contribution in [2.45, 2.75) is 68.7 Å². The summed E-state index contributed by atoms with van der Waals surface area (Å²) in [5, 5.41) is 13.3. The molecule has 1 aliphatic heterocycles. The molecule has 230 valence electrons. The summed E-state index contributed by atoms with van der Waals surface area (Å²) in [6.45, 7) is 2.28. The topological polar surface area (TPSA) is 130 Å².